The first-order chi connectivity index (χ1) is 15.3. The Morgan fingerprint density at radius 1 is 1.03 bits per heavy atom. The van der Waals surface area contributed by atoms with Gasteiger partial charge in [-0.15, -0.1) is 10.2 Å². The van der Waals surface area contributed by atoms with Crippen LogP contribution in [0.4, 0.5) is 5.69 Å². The smallest absolute Gasteiger partial charge is 0.277 e. The summed E-state index contributed by atoms with van der Waals surface area (Å²) in [5.41, 5.74) is 2.52. The molecular formula is C23H18N4O3S. The van der Waals surface area contributed by atoms with Crippen LogP contribution in [-0.2, 0) is 4.79 Å². The predicted octanol–water partition coefficient (Wildman–Crippen LogP) is 4.39. The molecule has 3 heterocycles. The number of para-hydroxylation sites is 2. The number of hydrogen-bond acceptors (Lipinski definition) is 7. The minimum atomic E-state index is -0.210. The molecule has 0 saturated heterocycles. The molecule has 2 aromatic heterocycles. The highest BCUT2D eigenvalue weighted by Gasteiger charge is 2.33. The van der Waals surface area contributed by atoms with Gasteiger partial charge in [-0.05, 0) is 29.8 Å². The predicted molar refractivity (Wildman–Crippen MR) is 117 cm³/mol. The van der Waals surface area contributed by atoms with Crippen molar-refractivity contribution in [2.24, 2.45) is 0 Å². The average molecular weight is 430 g/mol. The van der Waals surface area contributed by atoms with Gasteiger partial charge in [0.25, 0.3) is 5.22 Å². The summed E-state index contributed by atoms with van der Waals surface area (Å²) in [5.74, 6) is 1.18. The van der Waals surface area contributed by atoms with Gasteiger partial charge in [0.1, 0.15) is 12.4 Å². The van der Waals surface area contributed by atoms with E-state index < -0.39 is 0 Å². The van der Waals surface area contributed by atoms with Crippen LogP contribution in [0.2, 0.25) is 0 Å². The number of anilines is 1. The molecule has 4 aromatic rings. The minimum Gasteiger partial charge on any atom is -0.489 e. The third-order valence-corrected chi connectivity index (χ3v) is 5.72. The quantitative estimate of drug-likeness (QED) is 0.434. The van der Waals surface area contributed by atoms with Crippen LogP contribution in [0.1, 0.15) is 11.6 Å². The summed E-state index contributed by atoms with van der Waals surface area (Å²) >= 11 is 1.22. The number of carbonyl (C=O) groups excluding carboxylic acids is 1. The van der Waals surface area contributed by atoms with Crippen molar-refractivity contribution in [3.63, 3.8) is 0 Å². The van der Waals surface area contributed by atoms with E-state index in [1.54, 1.807) is 23.4 Å². The van der Waals surface area contributed by atoms with Crippen LogP contribution < -0.4 is 9.64 Å². The van der Waals surface area contributed by atoms with Gasteiger partial charge >= 0.3 is 0 Å². The van der Waals surface area contributed by atoms with Crippen molar-refractivity contribution < 1.29 is 13.9 Å². The van der Waals surface area contributed by atoms with Crippen LogP contribution in [0.3, 0.4) is 0 Å². The zero-order chi connectivity index (χ0) is 21.0. The molecule has 5 rings (SSSR count). The second kappa shape index (κ2) is 8.61. The van der Waals surface area contributed by atoms with Gasteiger partial charge in [0.2, 0.25) is 11.8 Å². The number of thioether (sulfide) groups is 1. The average Bonchev–Trinajstić information content (AvgIpc) is 3.32. The Kier molecular flexibility index (Phi) is 5.37. The standard InChI is InChI=1S/C23H18N4O3S/c28-21(15-31-23-26-25-22(30-23)17-9-6-12-24-13-17)27-18-10-4-5-11-20(18)29-14-19(27)16-7-2-1-3-8-16/h1-13,19H,14-15H2/t19-/m1/s1. The second-order valence-corrected chi connectivity index (χ2v) is 7.80. The van der Waals surface area contributed by atoms with Crippen LogP contribution in [0.15, 0.2) is 88.8 Å². The number of aromatic nitrogens is 3. The van der Waals surface area contributed by atoms with E-state index >= 15 is 0 Å². The summed E-state index contributed by atoms with van der Waals surface area (Å²) in [4.78, 5) is 19.2. The van der Waals surface area contributed by atoms with Gasteiger partial charge in [0.05, 0.1) is 23.0 Å². The molecule has 0 fully saturated rings. The molecular weight excluding hydrogens is 412 g/mol. The van der Waals surface area contributed by atoms with Gasteiger partial charge in [0.15, 0.2) is 0 Å². The Hall–Kier alpha value is -3.65. The fourth-order valence-corrected chi connectivity index (χ4v) is 4.11. The van der Waals surface area contributed by atoms with E-state index in [1.807, 2.05) is 60.7 Å². The first-order valence-electron chi connectivity index (χ1n) is 9.75. The largest absolute Gasteiger partial charge is 0.489 e. The molecule has 1 atom stereocenters. The molecule has 1 aliphatic heterocycles. The van der Waals surface area contributed by atoms with Crippen molar-refractivity contribution in [1.29, 1.82) is 0 Å². The zero-order valence-electron chi connectivity index (χ0n) is 16.4. The monoisotopic (exact) mass is 430 g/mol. The molecule has 0 spiro atoms. The lowest BCUT2D eigenvalue weighted by atomic mass is 10.0. The fourth-order valence-electron chi connectivity index (χ4n) is 3.49. The number of nitrogens with zero attached hydrogens (tertiary/aromatic N) is 4. The summed E-state index contributed by atoms with van der Waals surface area (Å²) in [6.45, 7) is 0.392. The molecule has 1 amide bonds. The van der Waals surface area contributed by atoms with Crippen LogP contribution >= 0.6 is 11.8 Å². The first-order valence-corrected chi connectivity index (χ1v) is 10.7. The van der Waals surface area contributed by atoms with Crippen LogP contribution in [0, 0.1) is 0 Å². The minimum absolute atomic E-state index is 0.0595. The van der Waals surface area contributed by atoms with E-state index in [2.05, 4.69) is 15.2 Å². The molecule has 0 N–H and O–H groups in total. The number of amides is 1. The van der Waals surface area contributed by atoms with Crippen molar-refractivity contribution in [1.82, 2.24) is 15.2 Å². The molecule has 7 nitrogen and oxygen atoms in total. The van der Waals surface area contributed by atoms with Gasteiger partial charge in [-0.3, -0.25) is 14.7 Å². The normalized spacial score (nSPS) is 15.2. The van der Waals surface area contributed by atoms with Crippen molar-refractivity contribution in [3.05, 3.63) is 84.7 Å². The van der Waals surface area contributed by atoms with E-state index in [0.29, 0.717) is 23.5 Å². The Labute approximate surface area is 183 Å². The second-order valence-electron chi connectivity index (χ2n) is 6.87. The lowest BCUT2D eigenvalue weighted by Crippen LogP contribution is -2.42. The summed E-state index contributed by atoms with van der Waals surface area (Å²) in [7, 11) is 0. The van der Waals surface area contributed by atoms with Crippen molar-refractivity contribution in [2.75, 3.05) is 17.3 Å². The molecule has 8 heteroatoms. The zero-order valence-corrected chi connectivity index (χ0v) is 17.2. The van der Waals surface area contributed by atoms with Crippen molar-refractivity contribution in [3.8, 4) is 17.2 Å². The SMILES string of the molecule is O=C(CSc1nnc(-c2cccnc2)o1)N1c2ccccc2OC[C@@H]1c1ccccc1. The maximum absolute atomic E-state index is 13.3. The molecule has 2 aromatic carbocycles. The molecule has 0 saturated carbocycles. The number of pyridine rings is 1. The van der Waals surface area contributed by atoms with Gasteiger partial charge in [-0.2, -0.15) is 0 Å². The highest BCUT2D eigenvalue weighted by atomic mass is 32.2. The topological polar surface area (TPSA) is 81.3 Å². The number of rotatable bonds is 5. The number of carbonyl (C=O) groups is 1. The van der Waals surface area contributed by atoms with Gasteiger partial charge < -0.3 is 9.15 Å². The van der Waals surface area contributed by atoms with Crippen LogP contribution in [0.5, 0.6) is 5.75 Å². The van der Waals surface area contributed by atoms with E-state index in [4.69, 9.17) is 9.15 Å². The van der Waals surface area contributed by atoms with Gasteiger partial charge in [-0.1, -0.05) is 54.2 Å². The molecule has 0 bridgehead atoms. The highest BCUT2D eigenvalue weighted by Crippen LogP contribution is 2.39. The number of fused-ring (bicyclic) bond motifs is 1. The molecule has 0 unspecified atom stereocenters. The molecule has 154 valence electrons. The third kappa shape index (κ3) is 4.02. The molecule has 1 aliphatic rings. The van der Waals surface area contributed by atoms with Crippen molar-refractivity contribution in [2.45, 2.75) is 11.3 Å². The van der Waals surface area contributed by atoms with Crippen molar-refractivity contribution >= 4 is 23.4 Å². The fraction of sp³-hybridized carbons (Fsp3) is 0.130. The third-order valence-electron chi connectivity index (χ3n) is 4.92. The number of benzene rings is 2. The summed E-state index contributed by atoms with van der Waals surface area (Å²) in [6, 6.07) is 20.9. The Morgan fingerprint density at radius 2 is 1.87 bits per heavy atom. The maximum Gasteiger partial charge on any atom is 0.277 e. The lowest BCUT2D eigenvalue weighted by Gasteiger charge is -2.37. The van der Waals surface area contributed by atoms with E-state index in [-0.39, 0.29) is 17.7 Å². The Balaban J connectivity index is 1.37. The first kappa shape index (κ1) is 19.3. The molecule has 31 heavy (non-hydrogen) atoms. The highest BCUT2D eigenvalue weighted by molar-refractivity contribution is 7.99. The summed E-state index contributed by atoms with van der Waals surface area (Å²) in [5, 5.41) is 8.45. The molecule has 0 radical (unpaired) electrons. The van der Waals surface area contributed by atoms with Gasteiger partial charge in [-0.25, -0.2) is 0 Å². The van der Waals surface area contributed by atoms with E-state index in [1.165, 1.54) is 11.8 Å². The number of hydrogen-bond donors (Lipinski definition) is 0. The Bertz CT molecular complexity index is 1180. The van der Waals surface area contributed by atoms with Crippen LogP contribution in [0.25, 0.3) is 11.5 Å². The van der Waals surface area contributed by atoms with Gasteiger partial charge in [0, 0.05) is 12.4 Å². The van der Waals surface area contributed by atoms with E-state index in [9.17, 15) is 4.79 Å². The summed E-state index contributed by atoms with van der Waals surface area (Å²) < 4.78 is 11.6. The molecule has 0 aliphatic carbocycles. The Morgan fingerprint density at radius 3 is 2.71 bits per heavy atom. The maximum atomic E-state index is 13.3. The number of ether oxygens (including phenoxy) is 1. The lowest BCUT2D eigenvalue weighted by molar-refractivity contribution is -0.117. The van der Waals surface area contributed by atoms with E-state index in [0.717, 1.165) is 16.8 Å². The van der Waals surface area contributed by atoms with Crippen LogP contribution in [-0.4, -0.2) is 33.4 Å². The summed E-state index contributed by atoms with van der Waals surface area (Å²) in [6.07, 6.45) is 3.33.